The normalized spacial score (nSPS) is 12.7. The average Bonchev–Trinajstić information content (AvgIpc) is 2.62. The zero-order valence-corrected chi connectivity index (χ0v) is 18.7. The van der Waals surface area contributed by atoms with Crippen molar-refractivity contribution in [2.24, 2.45) is 0 Å². The number of nitrogens with one attached hydrogen (secondary N) is 3. The second-order valence-electron chi connectivity index (χ2n) is 7.77. The minimum absolute atomic E-state index is 0.145. The van der Waals surface area contributed by atoms with Gasteiger partial charge in [0.05, 0.1) is 0 Å². The zero-order chi connectivity index (χ0) is 22.8. The van der Waals surface area contributed by atoms with E-state index in [-0.39, 0.29) is 11.3 Å². The molecule has 1 rings (SSSR count). The molecule has 0 saturated heterocycles. The van der Waals surface area contributed by atoms with Crippen molar-refractivity contribution in [2.45, 2.75) is 63.5 Å². The highest BCUT2D eigenvalue weighted by molar-refractivity contribution is 7.87. The molecule has 0 aromatic heterocycles. The van der Waals surface area contributed by atoms with Gasteiger partial charge in [0, 0.05) is 12.8 Å². The zero-order valence-electron chi connectivity index (χ0n) is 17.9. The van der Waals surface area contributed by atoms with E-state index in [0.29, 0.717) is 25.9 Å². The summed E-state index contributed by atoms with van der Waals surface area (Å²) in [5.41, 5.74) is 0.0878. The molecule has 1 unspecified atom stereocenters. The summed E-state index contributed by atoms with van der Waals surface area (Å²) in [6.45, 7) is 7.89. The molecular formula is C20H31N3O6S. The molecular weight excluding hydrogens is 410 g/mol. The molecule has 0 bridgehead atoms. The van der Waals surface area contributed by atoms with E-state index in [1.54, 1.807) is 39.8 Å². The Hall–Kier alpha value is -2.46. The Morgan fingerprint density at radius 2 is 1.80 bits per heavy atom. The van der Waals surface area contributed by atoms with Crippen molar-refractivity contribution >= 4 is 28.4 Å². The van der Waals surface area contributed by atoms with Gasteiger partial charge in [0.25, 0.3) is 0 Å². The molecule has 0 fully saturated rings. The number of aryl methyl sites for hydroxylation is 1. The molecule has 30 heavy (non-hydrogen) atoms. The number of carbonyl (C=O) groups excluding carboxylic acids is 2. The third-order valence-electron chi connectivity index (χ3n) is 3.82. The molecule has 10 heteroatoms. The molecule has 1 atom stereocenters. The van der Waals surface area contributed by atoms with Crippen LogP contribution in [0.15, 0.2) is 29.2 Å². The second kappa shape index (κ2) is 11.7. The Labute approximate surface area is 178 Å². The average molecular weight is 442 g/mol. The Kier molecular flexibility index (Phi) is 9.94. The number of ether oxygens (including phenoxy) is 1. The third-order valence-corrected chi connectivity index (χ3v) is 5.05. The molecule has 0 saturated carbocycles. The maximum atomic E-state index is 12.5. The monoisotopic (exact) mass is 441 g/mol. The van der Waals surface area contributed by atoms with Gasteiger partial charge in [-0.05, 0) is 65.6 Å². The van der Waals surface area contributed by atoms with Crippen LogP contribution in [0.2, 0.25) is 0 Å². The van der Waals surface area contributed by atoms with Gasteiger partial charge in [-0.25, -0.2) is 9.59 Å². The minimum atomic E-state index is -4.31. The van der Waals surface area contributed by atoms with Crippen molar-refractivity contribution in [2.75, 3.05) is 13.1 Å². The Bertz CT molecular complexity index is 816. The number of hydrogen-bond acceptors (Lipinski definition) is 8. The minimum Gasteiger partial charge on any atom is -0.444 e. The molecule has 0 aliphatic carbocycles. The number of benzene rings is 1. The topological polar surface area (TPSA) is 135 Å². The lowest BCUT2D eigenvalue weighted by Crippen LogP contribution is -2.44. The summed E-state index contributed by atoms with van der Waals surface area (Å²) in [4.78, 5) is 24.5. The number of unbranched alkanes of at least 4 members (excludes halogenated alkanes) is 1. The first-order chi connectivity index (χ1) is 13.9. The van der Waals surface area contributed by atoms with Gasteiger partial charge in [-0.3, -0.25) is 0 Å². The summed E-state index contributed by atoms with van der Waals surface area (Å²) < 4.78 is 34.7. The van der Waals surface area contributed by atoms with Crippen LogP contribution in [-0.2, 0) is 23.8 Å². The van der Waals surface area contributed by atoms with Crippen LogP contribution in [0.25, 0.3) is 0 Å². The lowest BCUT2D eigenvalue weighted by Gasteiger charge is -2.22. The van der Waals surface area contributed by atoms with Gasteiger partial charge in [-0.15, -0.1) is 0 Å². The van der Waals surface area contributed by atoms with Gasteiger partial charge in [0.15, 0.2) is 0 Å². The molecule has 0 spiro atoms. The van der Waals surface area contributed by atoms with Gasteiger partial charge < -0.3 is 25.0 Å². The van der Waals surface area contributed by atoms with E-state index in [4.69, 9.17) is 14.3 Å². The summed E-state index contributed by atoms with van der Waals surface area (Å²) in [5.74, 6) is -1.08. The molecule has 0 aliphatic heterocycles. The molecule has 0 heterocycles. The van der Waals surface area contributed by atoms with E-state index >= 15 is 0 Å². The molecule has 0 aliphatic rings. The largest absolute Gasteiger partial charge is 0.444 e. The first-order valence-electron chi connectivity index (χ1n) is 9.69. The highest BCUT2D eigenvalue weighted by Crippen LogP contribution is 2.16. The van der Waals surface area contributed by atoms with E-state index in [2.05, 4.69) is 10.6 Å². The molecule has 1 amide bonds. The van der Waals surface area contributed by atoms with Gasteiger partial charge >= 0.3 is 22.2 Å². The fraction of sp³-hybridized carbons (Fsp3) is 0.550. The summed E-state index contributed by atoms with van der Waals surface area (Å²) in [5, 5.41) is 12.4. The number of amides is 1. The SMILES string of the molecule is Cc1ccc(S(=O)(=O)OC(=O)C(CCCCNCC=N)NC(=O)OC(C)(C)C)cc1. The van der Waals surface area contributed by atoms with Crippen molar-refractivity contribution in [3.63, 3.8) is 0 Å². The second-order valence-corrected chi connectivity index (χ2v) is 9.32. The van der Waals surface area contributed by atoms with Crippen LogP contribution in [0.1, 0.15) is 45.6 Å². The van der Waals surface area contributed by atoms with E-state index in [1.165, 1.54) is 18.3 Å². The number of alkyl carbamates (subject to hydrolysis) is 1. The molecule has 1 aromatic carbocycles. The smallest absolute Gasteiger partial charge is 0.408 e. The Morgan fingerprint density at radius 1 is 1.17 bits per heavy atom. The molecule has 3 N–H and O–H groups in total. The fourth-order valence-corrected chi connectivity index (χ4v) is 3.29. The molecule has 9 nitrogen and oxygen atoms in total. The quantitative estimate of drug-likeness (QED) is 0.273. The Balaban J connectivity index is 2.81. The van der Waals surface area contributed by atoms with Gasteiger partial charge in [0.1, 0.15) is 16.5 Å². The fourth-order valence-electron chi connectivity index (χ4n) is 2.39. The maximum Gasteiger partial charge on any atom is 0.408 e. The third kappa shape index (κ3) is 9.84. The predicted octanol–water partition coefficient (Wildman–Crippen LogP) is 2.53. The van der Waals surface area contributed by atoms with Crippen LogP contribution in [0.4, 0.5) is 4.79 Å². The predicted molar refractivity (Wildman–Crippen MR) is 113 cm³/mol. The van der Waals surface area contributed by atoms with E-state index in [0.717, 1.165) is 5.56 Å². The highest BCUT2D eigenvalue weighted by Gasteiger charge is 2.29. The van der Waals surface area contributed by atoms with Crippen molar-refractivity contribution in [1.29, 1.82) is 5.41 Å². The van der Waals surface area contributed by atoms with E-state index in [9.17, 15) is 18.0 Å². The van der Waals surface area contributed by atoms with Crippen molar-refractivity contribution in [3.8, 4) is 0 Å². The summed E-state index contributed by atoms with van der Waals surface area (Å²) in [6, 6.07) is 4.71. The summed E-state index contributed by atoms with van der Waals surface area (Å²) >= 11 is 0. The summed E-state index contributed by atoms with van der Waals surface area (Å²) in [7, 11) is -4.31. The lowest BCUT2D eigenvalue weighted by molar-refractivity contribution is -0.136. The van der Waals surface area contributed by atoms with Crippen molar-refractivity contribution in [3.05, 3.63) is 29.8 Å². The summed E-state index contributed by atoms with van der Waals surface area (Å²) in [6.07, 6.45) is 1.76. The number of rotatable bonds is 11. The van der Waals surface area contributed by atoms with Crippen molar-refractivity contribution in [1.82, 2.24) is 10.6 Å². The highest BCUT2D eigenvalue weighted by atomic mass is 32.2. The first-order valence-corrected chi connectivity index (χ1v) is 11.1. The maximum absolute atomic E-state index is 12.5. The number of carbonyl (C=O) groups is 2. The molecule has 1 aromatic rings. The van der Waals surface area contributed by atoms with Crippen LogP contribution in [0.5, 0.6) is 0 Å². The van der Waals surface area contributed by atoms with Crippen LogP contribution in [0.3, 0.4) is 0 Å². The van der Waals surface area contributed by atoms with E-state index in [1.807, 2.05) is 0 Å². The van der Waals surface area contributed by atoms with Gasteiger partial charge in [-0.2, -0.15) is 8.42 Å². The van der Waals surface area contributed by atoms with Crippen LogP contribution in [0, 0.1) is 12.3 Å². The van der Waals surface area contributed by atoms with Crippen LogP contribution < -0.4 is 10.6 Å². The van der Waals surface area contributed by atoms with Gasteiger partial charge in [0.2, 0.25) is 0 Å². The van der Waals surface area contributed by atoms with E-state index < -0.39 is 33.8 Å². The van der Waals surface area contributed by atoms with Crippen LogP contribution >= 0.6 is 0 Å². The van der Waals surface area contributed by atoms with Crippen molar-refractivity contribution < 1.29 is 26.9 Å². The number of hydrogen-bond donors (Lipinski definition) is 3. The first kappa shape index (κ1) is 25.6. The molecule has 168 valence electrons. The lowest BCUT2D eigenvalue weighted by atomic mass is 10.1. The van der Waals surface area contributed by atoms with Gasteiger partial charge in [-0.1, -0.05) is 17.7 Å². The molecule has 0 radical (unpaired) electrons. The Morgan fingerprint density at radius 3 is 2.37 bits per heavy atom. The standard InChI is InChI=1S/C20H31N3O6S/c1-15-8-10-16(11-9-15)30(26,27)29-18(24)17(7-5-6-13-22-14-12-21)23-19(25)28-20(2,3)4/h8-12,17,21-22H,5-7,13-14H2,1-4H3,(H,23,25). The van der Waals surface area contributed by atoms with Crippen LogP contribution in [-0.4, -0.2) is 51.4 Å².